The van der Waals surface area contributed by atoms with Crippen LogP contribution < -0.4 is 10.6 Å². The predicted octanol–water partition coefficient (Wildman–Crippen LogP) is 0.881. The first-order valence-electron chi connectivity index (χ1n) is 5.75. The maximum absolute atomic E-state index is 10.8. The number of hydrogen-bond acceptors (Lipinski definition) is 5. The molecule has 0 radical (unpaired) electrons. The van der Waals surface area contributed by atoms with Crippen LogP contribution in [0, 0.1) is 10.1 Å². The lowest BCUT2D eigenvalue weighted by Crippen LogP contribution is -2.46. The Morgan fingerprint density at radius 1 is 1.71 bits per heavy atom. The molecule has 7 nitrogen and oxygen atoms in total. The molecule has 2 N–H and O–H groups in total. The number of hydrogen-bond donors (Lipinski definition) is 2. The summed E-state index contributed by atoms with van der Waals surface area (Å²) in [5, 5.41) is 17.4. The molecule has 1 aromatic heterocycles. The lowest BCUT2D eigenvalue weighted by atomic mass is 10.00. The van der Waals surface area contributed by atoms with Gasteiger partial charge >= 0.3 is 5.82 Å². The number of piperidine rings is 1. The Kier molecular flexibility index (Phi) is 3.28. The monoisotopic (exact) mass is 239 g/mol. The first kappa shape index (κ1) is 11.8. The molecule has 17 heavy (non-hydrogen) atoms. The van der Waals surface area contributed by atoms with E-state index < -0.39 is 4.92 Å². The number of nitro groups is 1. The molecule has 1 fully saturated rings. The zero-order chi connectivity index (χ0) is 12.4. The fraction of sp³-hybridized carbons (Fsp3) is 0.700. The highest BCUT2D eigenvalue weighted by molar-refractivity contribution is 5.52. The fourth-order valence-corrected chi connectivity index (χ4v) is 2.13. The van der Waals surface area contributed by atoms with Gasteiger partial charge in [-0.15, -0.1) is 0 Å². The fourth-order valence-electron chi connectivity index (χ4n) is 2.13. The molecule has 0 aliphatic carbocycles. The molecule has 7 heteroatoms. The van der Waals surface area contributed by atoms with E-state index in [0.717, 1.165) is 19.4 Å². The minimum Gasteiger partial charge on any atom is -0.360 e. The highest BCUT2D eigenvalue weighted by Gasteiger charge is 2.26. The lowest BCUT2D eigenvalue weighted by Gasteiger charge is -2.30. The summed E-state index contributed by atoms with van der Waals surface area (Å²) in [6.45, 7) is 3.09. The quantitative estimate of drug-likeness (QED) is 0.604. The topological polar surface area (TPSA) is 85.0 Å². The van der Waals surface area contributed by atoms with E-state index >= 15 is 0 Å². The minimum atomic E-state index is -0.455. The van der Waals surface area contributed by atoms with E-state index in [9.17, 15) is 10.1 Å². The Morgan fingerprint density at radius 2 is 2.47 bits per heavy atom. The van der Waals surface area contributed by atoms with Crippen molar-refractivity contribution in [2.45, 2.75) is 31.8 Å². The van der Waals surface area contributed by atoms with Crippen LogP contribution in [-0.4, -0.2) is 33.1 Å². The number of rotatable bonds is 3. The summed E-state index contributed by atoms with van der Waals surface area (Å²) in [7, 11) is 1.75. The van der Waals surface area contributed by atoms with Crippen LogP contribution >= 0.6 is 0 Å². The van der Waals surface area contributed by atoms with Crippen LogP contribution in [0.2, 0.25) is 0 Å². The molecule has 0 amide bonds. The molecule has 1 aliphatic heterocycles. The molecular formula is C10H17N5O2. The summed E-state index contributed by atoms with van der Waals surface area (Å²) in [6, 6.07) is 0.510. The van der Waals surface area contributed by atoms with Crippen molar-refractivity contribution >= 4 is 11.6 Å². The molecule has 1 aliphatic rings. The van der Waals surface area contributed by atoms with Gasteiger partial charge in [0.1, 0.15) is 0 Å². The summed E-state index contributed by atoms with van der Waals surface area (Å²) < 4.78 is 1.65. The van der Waals surface area contributed by atoms with Gasteiger partial charge in [-0.3, -0.25) is 4.57 Å². The van der Waals surface area contributed by atoms with Crippen LogP contribution in [0.4, 0.5) is 11.6 Å². The number of nitrogens with zero attached hydrogens (tertiary/aromatic N) is 3. The van der Waals surface area contributed by atoms with Crippen molar-refractivity contribution in [3.05, 3.63) is 16.4 Å². The van der Waals surface area contributed by atoms with E-state index in [-0.39, 0.29) is 11.9 Å². The number of aromatic nitrogens is 2. The van der Waals surface area contributed by atoms with E-state index in [4.69, 9.17) is 0 Å². The molecule has 0 saturated carbocycles. The van der Waals surface area contributed by atoms with Crippen molar-refractivity contribution in [1.82, 2.24) is 14.9 Å². The third kappa shape index (κ3) is 2.38. The molecule has 2 atom stereocenters. The van der Waals surface area contributed by atoms with Crippen LogP contribution in [0.3, 0.4) is 0 Å². The number of anilines is 1. The first-order chi connectivity index (χ1) is 8.09. The Labute approximate surface area is 99.4 Å². The van der Waals surface area contributed by atoms with Crippen LogP contribution in [0.25, 0.3) is 0 Å². The number of nitrogens with one attached hydrogen (secondary N) is 2. The summed E-state index contributed by atoms with van der Waals surface area (Å²) in [4.78, 5) is 14.2. The Morgan fingerprint density at radius 3 is 3.12 bits per heavy atom. The smallest absolute Gasteiger partial charge is 0.360 e. The highest BCUT2D eigenvalue weighted by Crippen LogP contribution is 2.24. The van der Waals surface area contributed by atoms with E-state index in [2.05, 4.69) is 22.5 Å². The van der Waals surface area contributed by atoms with E-state index in [1.54, 1.807) is 11.6 Å². The van der Waals surface area contributed by atoms with Crippen LogP contribution in [0.1, 0.15) is 19.8 Å². The number of aryl methyl sites for hydroxylation is 1. The molecule has 2 heterocycles. The maximum Gasteiger partial charge on any atom is 0.406 e. The molecule has 2 unspecified atom stereocenters. The molecule has 2 rings (SSSR count). The van der Waals surface area contributed by atoms with Gasteiger partial charge in [0.25, 0.3) is 0 Å². The van der Waals surface area contributed by atoms with Crippen molar-refractivity contribution in [2.75, 3.05) is 11.9 Å². The van der Waals surface area contributed by atoms with Gasteiger partial charge in [0.05, 0.1) is 0 Å². The van der Waals surface area contributed by atoms with E-state index in [1.165, 1.54) is 6.33 Å². The van der Waals surface area contributed by atoms with Crippen LogP contribution in [-0.2, 0) is 7.05 Å². The van der Waals surface area contributed by atoms with Crippen molar-refractivity contribution < 1.29 is 4.92 Å². The van der Waals surface area contributed by atoms with E-state index in [1.807, 2.05) is 0 Å². The Hall–Kier alpha value is -1.63. The molecule has 0 spiro atoms. The van der Waals surface area contributed by atoms with Gasteiger partial charge in [0.15, 0.2) is 0 Å². The van der Waals surface area contributed by atoms with Gasteiger partial charge in [-0.1, -0.05) is 0 Å². The standard InChI is InChI=1S/C10H17N5O2/c1-7-8(4-3-5-11-7)13-10-9(15(16)17)12-6-14(10)2/h6-8,11,13H,3-5H2,1-2H3. The van der Waals surface area contributed by atoms with Gasteiger partial charge in [0.2, 0.25) is 12.1 Å². The molecular weight excluding hydrogens is 222 g/mol. The Balaban J connectivity index is 2.17. The summed E-state index contributed by atoms with van der Waals surface area (Å²) in [5.41, 5.74) is 0. The normalized spacial score (nSPS) is 24.6. The van der Waals surface area contributed by atoms with Crippen LogP contribution in [0.5, 0.6) is 0 Å². The molecule has 1 aromatic rings. The Bertz CT molecular complexity index is 417. The summed E-state index contributed by atoms with van der Waals surface area (Å²) in [5.74, 6) is 0.376. The van der Waals surface area contributed by atoms with Crippen molar-refractivity contribution in [2.24, 2.45) is 7.05 Å². The van der Waals surface area contributed by atoms with E-state index in [0.29, 0.717) is 11.9 Å². The second-order valence-corrected chi connectivity index (χ2v) is 4.42. The zero-order valence-corrected chi connectivity index (χ0v) is 10.0. The van der Waals surface area contributed by atoms with Gasteiger partial charge in [-0.2, -0.15) is 0 Å². The van der Waals surface area contributed by atoms with Crippen molar-refractivity contribution in [3.8, 4) is 0 Å². The first-order valence-corrected chi connectivity index (χ1v) is 5.75. The van der Waals surface area contributed by atoms with Gasteiger partial charge in [-0.25, -0.2) is 0 Å². The van der Waals surface area contributed by atoms with Crippen molar-refractivity contribution in [1.29, 1.82) is 0 Å². The minimum absolute atomic E-state index is 0.106. The molecule has 1 saturated heterocycles. The zero-order valence-electron chi connectivity index (χ0n) is 10.0. The summed E-state index contributed by atoms with van der Waals surface area (Å²) >= 11 is 0. The lowest BCUT2D eigenvalue weighted by molar-refractivity contribution is -0.388. The second-order valence-electron chi connectivity index (χ2n) is 4.42. The van der Waals surface area contributed by atoms with Crippen molar-refractivity contribution in [3.63, 3.8) is 0 Å². The SMILES string of the molecule is CC1NCCCC1Nc1c([N+](=O)[O-])ncn1C. The molecule has 94 valence electrons. The number of imidazole rings is 1. The largest absolute Gasteiger partial charge is 0.406 e. The average molecular weight is 239 g/mol. The maximum atomic E-state index is 10.8. The highest BCUT2D eigenvalue weighted by atomic mass is 16.6. The summed E-state index contributed by atoms with van der Waals surface area (Å²) in [6.07, 6.45) is 3.55. The second kappa shape index (κ2) is 4.70. The van der Waals surface area contributed by atoms with Gasteiger partial charge in [-0.05, 0) is 36.2 Å². The third-order valence-corrected chi connectivity index (χ3v) is 3.17. The predicted molar refractivity (Wildman–Crippen MR) is 64.0 cm³/mol. The average Bonchev–Trinajstić information content (AvgIpc) is 2.64. The molecule has 0 bridgehead atoms. The third-order valence-electron chi connectivity index (χ3n) is 3.17. The van der Waals surface area contributed by atoms with Gasteiger partial charge in [0, 0.05) is 19.1 Å². The van der Waals surface area contributed by atoms with Crippen LogP contribution in [0.15, 0.2) is 6.33 Å². The molecule has 0 aromatic carbocycles. The van der Waals surface area contributed by atoms with Gasteiger partial charge < -0.3 is 20.7 Å².